The van der Waals surface area contributed by atoms with Crippen LogP contribution in [0.15, 0.2) is 6.07 Å². The maximum Gasteiger partial charge on any atom is 0.417 e. The van der Waals surface area contributed by atoms with Gasteiger partial charge in [-0.25, -0.2) is 13.8 Å². The minimum absolute atomic E-state index is 0.197. The van der Waals surface area contributed by atoms with E-state index in [-0.39, 0.29) is 6.07 Å². The van der Waals surface area contributed by atoms with Crippen LogP contribution in [0, 0.1) is 0 Å². The molecule has 0 radical (unpaired) electrons. The van der Waals surface area contributed by atoms with Crippen LogP contribution >= 0.6 is 0 Å². The number of alkyl halides is 5. The maximum atomic E-state index is 12.6. The Bertz CT molecular complexity index is 472. The summed E-state index contributed by atoms with van der Waals surface area (Å²) in [5.41, 5.74) is 5.40. The van der Waals surface area contributed by atoms with Crippen molar-refractivity contribution in [3.8, 4) is 0 Å². The van der Waals surface area contributed by atoms with Crippen molar-refractivity contribution in [2.45, 2.75) is 19.1 Å². The van der Waals surface area contributed by atoms with Gasteiger partial charge in [0.2, 0.25) is 0 Å². The number of carbonyl (C=O) groups is 1. The van der Waals surface area contributed by atoms with Gasteiger partial charge in [0, 0.05) is 6.54 Å². The highest BCUT2D eigenvalue weighted by Crippen LogP contribution is 2.37. The summed E-state index contributed by atoms with van der Waals surface area (Å²) in [6.07, 6.45) is -8.46. The van der Waals surface area contributed by atoms with E-state index in [4.69, 9.17) is 11.5 Å². The molecule has 0 saturated heterocycles. The van der Waals surface area contributed by atoms with Crippen molar-refractivity contribution in [3.05, 3.63) is 28.6 Å². The number of amides is 1. The molecule has 0 unspecified atom stereocenters. The molecule has 0 saturated carbocycles. The summed E-state index contributed by atoms with van der Waals surface area (Å²) in [5, 5.41) is 0. The Kier molecular flexibility index (Phi) is 3.85. The van der Waals surface area contributed by atoms with Crippen LogP contribution in [0.5, 0.6) is 0 Å². The average Bonchev–Trinajstić information content (AvgIpc) is 2.25. The monoisotopic (exact) mass is 269 g/mol. The number of nitrogens with zero attached hydrogens (tertiary/aromatic N) is 1. The molecule has 1 amide bonds. The first-order chi connectivity index (χ1) is 8.18. The molecular formula is C9H8F5N3O. The minimum Gasteiger partial charge on any atom is -0.364 e. The number of pyridine rings is 1. The lowest BCUT2D eigenvalue weighted by Gasteiger charge is -2.16. The standard InChI is InChI=1S/C9H8F5N3O/c10-7(11)6-3(9(12,13)14)1-4(8(16)18)17-5(6)2-15/h1,7H,2,15H2,(H2,16,18). The molecule has 0 spiro atoms. The summed E-state index contributed by atoms with van der Waals surface area (Å²) in [6, 6.07) is 0.197. The Morgan fingerprint density at radius 1 is 1.39 bits per heavy atom. The van der Waals surface area contributed by atoms with Gasteiger partial charge in [0.1, 0.15) is 5.69 Å². The Balaban J connectivity index is 3.62. The minimum atomic E-state index is -5.05. The summed E-state index contributed by atoms with van der Waals surface area (Å²) in [7, 11) is 0. The molecule has 18 heavy (non-hydrogen) atoms. The van der Waals surface area contributed by atoms with E-state index in [1.54, 1.807) is 0 Å². The normalized spacial score (nSPS) is 11.9. The van der Waals surface area contributed by atoms with E-state index < -0.39 is 47.6 Å². The van der Waals surface area contributed by atoms with Crippen LogP contribution in [0.1, 0.15) is 33.7 Å². The van der Waals surface area contributed by atoms with Crippen molar-refractivity contribution in [3.63, 3.8) is 0 Å². The van der Waals surface area contributed by atoms with Crippen molar-refractivity contribution in [2.24, 2.45) is 11.5 Å². The third kappa shape index (κ3) is 2.73. The smallest absolute Gasteiger partial charge is 0.364 e. The Labute approximate surface area is 97.8 Å². The molecule has 0 atom stereocenters. The molecule has 0 aliphatic rings. The fraction of sp³-hybridized carbons (Fsp3) is 0.333. The predicted octanol–water partition coefficient (Wildman–Crippen LogP) is 1.60. The molecule has 4 nitrogen and oxygen atoms in total. The van der Waals surface area contributed by atoms with Crippen molar-refractivity contribution in [1.82, 2.24) is 4.98 Å². The van der Waals surface area contributed by atoms with E-state index in [1.165, 1.54) is 0 Å². The summed E-state index contributed by atoms with van der Waals surface area (Å²) in [4.78, 5) is 14.1. The Hall–Kier alpha value is -1.77. The summed E-state index contributed by atoms with van der Waals surface area (Å²) in [5.74, 6) is -1.25. The molecule has 1 rings (SSSR count). The zero-order valence-electron chi connectivity index (χ0n) is 8.76. The van der Waals surface area contributed by atoms with Gasteiger partial charge in [0.15, 0.2) is 0 Å². The predicted molar refractivity (Wildman–Crippen MR) is 50.6 cm³/mol. The lowest BCUT2D eigenvalue weighted by Crippen LogP contribution is -2.21. The zero-order valence-corrected chi connectivity index (χ0v) is 8.76. The molecule has 9 heteroatoms. The molecule has 1 aromatic rings. The van der Waals surface area contributed by atoms with Crippen LogP contribution in [-0.2, 0) is 12.7 Å². The first-order valence-electron chi connectivity index (χ1n) is 4.57. The second-order valence-corrected chi connectivity index (χ2v) is 3.28. The molecule has 4 N–H and O–H groups in total. The van der Waals surface area contributed by atoms with E-state index in [1.807, 2.05) is 0 Å². The number of hydrogen-bond donors (Lipinski definition) is 2. The molecule has 1 aromatic heterocycles. The van der Waals surface area contributed by atoms with E-state index in [0.717, 1.165) is 0 Å². The molecule has 100 valence electrons. The van der Waals surface area contributed by atoms with Gasteiger partial charge >= 0.3 is 6.18 Å². The fourth-order valence-corrected chi connectivity index (χ4v) is 1.37. The van der Waals surface area contributed by atoms with E-state index in [0.29, 0.717) is 0 Å². The Morgan fingerprint density at radius 3 is 2.28 bits per heavy atom. The third-order valence-electron chi connectivity index (χ3n) is 2.11. The highest BCUT2D eigenvalue weighted by atomic mass is 19.4. The first-order valence-corrected chi connectivity index (χ1v) is 4.57. The van der Waals surface area contributed by atoms with Crippen LogP contribution < -0.4 is 11.5 Å². The highest BCUT2D eigenvalue weighted by Gasteiger charge is 2.38. The molecule has 0 aliphatic carbocycles. The zero-order chi connectivity index (χ0) is 14.1. The van der Waals surface area contributed by atoms with Gasteiger partial charge < -0.3 is 11.5 Å². The third-order valence-corrected chi connectivity index (χ3v) is 2.11. The van der Waals surface area contributed by atoms with Gasteiger partial charge in [-0.15, -0.1) is 0 Å². The summed E-state index contributed by atoms with van der Waals surface area (Å²) in [6.45, 7) is -0.663. The molecule has 0 aliphatic heterocycles. The van der Waals surface area contributed by atoms with Crippen molar-refractivity contribution in [1.29, 1.82) is 0 Å². The molecular weight excluding hydrogens is 261 g/mol. The Morgan fingerprint density at radius 2 is 1.94 bits per heavy atom. The lowest BCUT2D eigenvalue weighted by atomic mass is 10.0. The number of aromatic nitrogens is 1. The number of hydrogen-bond acceptors (Lipinski definition) is 3. The largest absolute Gasteiger partial charge is 0.417 e. The van der Waals surface area contributed by atoms with Gasteiger partial charge in [-0.2, -0.15) is 13.2 Å². The summed E-state index contributed by atoms with van der Waals surface area (Å²) < 4.78 is 63.1. The highest BCUT2D eigenvalue weighted by molar-refractivity contribution is 5.91. The van der Waals surface area contributed by atoms with Gasteiger partial charge in [-0.05, 0) is 6.07 Å². The average molecular weight is 269 g/mol. The number of nitrogens with two attached hydrogens (primary N) is 2. The number of halogens is 5. The maximum absolute atomic E-state index is 12.6. The van der Waals surface area contributed by atoms with Crippen LogP contribution in [0.4, 0.5) is 22.0 Å². The first kappa shape index (κ1) is 14.3. The van der Waals surface area contributed by atoms with Crippen LogP contribution in [0.25, 0.3) is 0 Å². The van der Waals surface area contributed by atoms with E-state index in [2.05, 4.69) is 4.98 Å². The van der Waals surface area contributed by atoms with Gasteiger partial charge in [0.25, 0.3) is 12.3 Å². The van der Waals surface area contributed by atoms with Crippen molar-refractivity contribution in [2.75, 3.05) is 0 Å². The number of carbonyl (C=O) groups excluding carboxylic acids is 1. The van der Waals surface area contributed by atoms with Crippen LogP contribution in [0.2, 0.25) is 0 Å². The topological polar surface area (TPSA) is 82.0 Å². The number of primary amides is 1. The van der Waals surface area contributed by atoms with Crippen molar-refractivity contribution < 1.29 is 26.7 Å². The fourth-order valence-electron chi connectivity index (χ4n) is 1.37. The van der Waals surface area contributed by atoms with Gasteiger partial charge in [-0.3, -0.25) is 4.79 Å². The van der Waals surface area contributed by atoms with Crippen LogP contribution in [-0.4, -0.2) is 10.9 Å². The molecule has 0 aromatic carbocycles. The lowest BCUT2D eigenvalue weighted by molar-refractivity contribution is -0.139. The second-order valence-electron chi connectivity index (χ2n) is 3.28. The molecule has 0 bridgehead atoms. The van der Waals surface area contributed by atoms with Gasteiger partial charge in [-0.1, -0.05) is 0 Å². The molecule has 0 fully saturated rings. The van der Waals surface area contributed by atoms with Crippen LogP contribution in [0.3, 0.4) is 0 Å². The SMILES string of the molecule is NCc1nc(C(N)=O)cc(C(F)(F)F)c1C(F)F. The quantitative estimate of drug-likeness (QED) is 0.817. The number of rotatable bonds is 3. The second kappa shape index (κ2) is 4.84. The van der Waals surface area contributed by atoms with Crippen molar-refractivity contribution >= 4 is 5.91 Å². The van der Waals surface area contributed by atoms with Gasteiger partial charge in [0.05, 0.1) is 16.8 Å². The van der Waals surface area contributed by atoms with E-state index >= 15 is 0 Å². The molecule has 1 heterocycles. The van der Waals surface area contributed by atoms with E-state index in [9.17, 15) is 26.7 Å². The summed E-state index contributed by atoms with van der Waals surface area (Å²) >= 11 is 0.